The SMILES string of the molecule is CCCNC(Cc1cccs1)c1cc2c(s1)CCSC2. The Bertz CT molecular complexity index is 506. The smallest absolute Gasteiger partial charge is 0.0463 e. The Morgan fingerprint density at radius 2 is 2.35 bits per heavy atom. The van der Waals surface area contributed by atoms with Crippen LogP contribution in [0.25, 0.3) is 0 Å². The van der Waals surface area contributed by atoms with E-state index >= 15 is 0 Å². The van der Waals surface area contributed by atoms with Gasteiger partial charge in [0.2, 0.25) is 0 Å². The molecule has 20 heavy (non-hydrogen) atoms. The van der Waals surface area contributed by atoms with Gasteiger partial charge in [-0.2, -0.15) is 11.8 Å². The third-order valence-corrected chi connectivity index (χ3v) is 6.87. The summed E-state index contributed by atoms with van der Waals surface area (Å²) in [7, 11) is 0. The van der Waals surface area contributed by atoms with Gasteiger partial charge in [0.1, 0.15) is 0 Å². The van der Waals surface area contributed by atoms with E-state index in [1.54, 1.807) is 15.3 Å². The monoisotopic (exact) mass is 323 g/mol. The van der Waals surface area contributed by atoms with E-state index in [4.69, 9.17) is 0 Å². The molecule has 0 saturated heterocycles. The van der Waals surface area contributed by atoms with E-state index in [0.717, 1.165) is 13.0 Å². The first-order valence-electron chi connectivity index (χ1n) is 7.32. The van der Waals surface area contributed by atoms with Crippen molar-refractivity contribution in [3.8, 4) is 0 Å². The lowest BCUT2D eigenvalue weighted by atomic mass is 10.1. The van der Waals surface area contributed by atoms with Gasteiger partial charge in [-0.3, -0.25) is 0 Å². The van der Waals surface area contributed by atoms with Crippen molar-refractivity contribution in [3.63, 3.8) is 0 Å². The molecule has 108 valence electrons. The molecule has 0 aliphatic carbocycles. The average molecular weight is 324 g/mol. The number of hydrogen-bond donors (Lipinski definition) is 1. The molecule has 1 atom stereocenters. The summed E-state index contributed by atoms with van der Waals surface area (Å²) in [6.45, 7) is 3.35. The summed E-state index contributed by atoms with van der Waals surface area (Å²) in [5.41, 5.74) is 1.59. The summed E-state index contributed by atoms with van der Waals surface area (Å²) in [5, 5.41) is 5.93. The molecule has 0 fully saturated rings. The highest BCUT2D eigenvalue weighted by molar-refractivity contribution is 7.98. The lowest BCUT2D eigenvalue weighted by molar-refractivity contribution is 0.539. The van der Waals surface area contributed by atoms with Crippen LogP contribution in [0.2, 0.25) is 0 Å². The van der Waals surface area contributed by atoms with Crippen LogP contribution < -0.4 is 5.32 Å². The van der Waals surface area contributed by atoms with E-state index in [0.29, 0.717) is 6.04 Å². The number of thiophene rings is 2. The van der Waals surface area contributed by atoms with Crippen molar-refractivity contribution in [2.45, 2.75) is 38.0 Å². The molecule has 1 aliphatic rings. The Labute approximate surface area is 133 Å². The molecule has 1 N–H and O–H groups in total. The maximum absolute atomic E-state index is 3.74. The third kappa shape index (κ3) is 3.48. The summed E-state index contributed by atoms with van der Waals surface area (Å²) in [6, 6.07) is 7.38. The van der Waals surface area contributed by atoms with Crippen LogP contribution in [0.5, 0.6) is 0 Å². The second-order valence-electron chi connectivity index (χ2n) is 5.19. The zero-order valence-electron chi connectivity index (χ0n) is 11.9. The number of nitrogens with one attached hydrogen (secondary N) is 1. The first-order chi connectivity index (χ1) is 9.86. The topological polar surface area (TPSA) is 12.0 Å². The Morgan fingerprint density at radius 1 is 1.40 bits per heavy atom. The van der Waals surface area contributed by atoms with Gasteiger partial charge in [0.25, 0.3) is 0 Å². The lowest BCUT2D eigenvalue weighted by Crippen LogP contribution is -2.23. The maximum atomic E-state index is 3.74. The van der Waals surface area contributed by atoms with E-state index < -0.39 is 0 Å². The van der Waals surface area contributed by atoms with Gasteiger partial charge in [-0.05, 0) is 48.2 Å². The molecule has 0 radical (unpaired) electrons. The van der Waals surface area contributed by atoms with Crippen molar-refractivity contribution in [3.05, 3.63) is 43.8 Å². The standard InChI is InChI=1S/C16H21NS3/c1-2-6-17-14(10-13-4-3-7-19-13)16-9-12-11-18-8-5-15(12)20-16/h3-4,7,9,14,17H,2,5-6,8,10-11H2,1H3. The fourth-order valence-electron chi connectivity index (χ4n) is 2.56. The third-order valence-electron chi connectivity index (χ3n) is 3.62. The van der Waals surface area contributed by atoms with Gasteiger partial charge in [-0.25, -0.2) is 0 Å². The molecule has 3 rings (SSSR count). The van der Waals surface area contributed by atoms with Gasteiger partial charge in [0, 0.05) is 32.8 Å². The van der Waals surface area contributed by atoms with Gasteiger partial charge in [-0.15, -0.1) is 22.7 Å². The Kier molecular flexibility index (Phi) is 5.21. The molecule has 0 bridgehead atoms. The zero-order valence-corrected chi connectivity index (χ0v) is 14.3. The number of hydrogen-bond acceptors (Lipinski definition) is 4. The van der Waals surface area contributed by atoms with Crippen LogP contribution >= 0.6 is 34.4 Å². The Balaban J connectivity index is 1.78. The first-order valence-corrected chi connectivity index (χ1v) is 10.2. The molecule has 2 aromatic rings. The number of fused-ring (bicyclic) bond motifs is 1. The highest BCUT2D eigenvalue weighted by atomic mass is 32.2. The van der Waals surface area contributed by atoms with Gasteiger partial charge in [-0.1, -0.05) is 13.0 Å². The molecule has 3 heterocycles. The van der Waals surface area contributed by atoms with Crippen LogP contribution in [0.15, 0.2) is 23.6 Å². The average Bonchev–Trinajstić information content (AvgIpc) is 3.12. The second-order valence-corrected chi connectivity index (χ2v) is 8.50. The van der Waals surface area contributed by atoms with Crippen LogP contribution in [0.1, 0.15) is 39.6 Å². The van der Waals surface area contributed by atoms with E-state index in [9.17, 15) is 0 Å². The van der Waals surface area contributed by atoms with Crippen LogP contribution in [-0.2, 0) is 18.6 Å². The number of thioether (sulfide) groups is 1. The van der Waals surface area contributed by atoms with Crippen LogP contribution in [0.4, 0.5) is 0 Å². The first kappa shape index (κ1) is 14.6. The lowest BCUT2D eigenvalue weighted by Gasteiger charge is -2.16. The molecule has 1 unspecified atom stereocenters. The highest BCUT2D eigenvalue weighted by Crippen LogP contribution is 2.35. The van der Waals surface area contributed by atoms with Crippen LogP contribution in [0, 0.1) is 0 Å². The molecular formula is C16H21NS3. The predicted molar refractivity (Wildman–Crippen MR) is 93.2 cm³/mol. The molecule has 0 amide bonds. The Hall–Kier alpha value is -0.290. The minimum atomic E-state index is 0.495. The van der Waals surface area contributed by atoms with E-state index in [1.165, 1.54) is 29.2 Å². The van der Waals surface area contributed by atoms with Gasteiger partial charge in [0.15, 0.2) is 0 Å². The summed E-state index contributed by atoms with van der Waals surface area (Å²) in [5.74, 6) is 2.51. The summed E-state index contributed by atoms with van der Waals surface area (Å²) >= 11 is 5.99. The number of aryl methyl sites for hydroxylation is 1. The quantitative estimate of drug-likeness (QED) is 0.813. The van der Waals surface area contributed by atoms with Gasteiger partial charge >= 0.3 is 0 Å². The van der Waals surface area contributed by atoms with Crippen molar-refractivity contribution in [2.24, 2.45) is 0 Å². The maximum Gasteiger partial charge on any atom is 0.0463 e. The molecule has 2 aromatic heterocycles. The minimum Gasteiger partial charge on any atom is -0.309 e. The largest absolute Gasteiger partial charge is 0.309 e. The number of rotatable bonds is 6. The summed E-state index contributed by atoms with van der Waals surface area (Å²) in [4.78, 5) is 4.66. The van der Waals surface area contributed by atoms with Crippen LogP contribution in [0.3, 0.4) is 0 Å². The molecule has 0 aromatic carbocycles. The van der Waals surface area contributed by atoms with E-state index in [-0.39, 0.29) is 0 Å². The molecule has 1 aliphatic heterocycles. The molecule has 0 saturated carbocycles. The van der Waals surface area contributed by atoms with Gasteiger partial charge in [0.05, 0.1) is 0 Å². The van der Waals surface area contributed by atoms with Crippen molar-refractivity contribution < 1.29 is 0 Å². The summed E-state index contributed by atoms with van der Waals surface area (Å²) < 4.78 is 0. The second kappa shape index (κ2) is 7.12. The molecule has 0 spiro atoms. The summed E-state index contributed by atoms with van der Waals surface area (Å²) in [6.07, 6.45) is 3.59. The van der Waals surface area contributed by atoms with Gasteiger partial charge < -0.3 is 5.32 Å². The molecule has 1 nitrogen and oxygen atoms in total. The minimum absolute atomic E-state index is 0.495. The van der Waals surface area contributed by atoms with Crippen molar-refractivity contribution in [2.75, 3.05) is 12.3 Å². The fourth-order valence-corrected chi connectivity index (χ4v) is 5.77. The highest BCUT2D eigenvalue weighted by Gasteiger charge is 2.19. The Morgan fingerprint density at radius 3 is 3.10 bits per heavy atom. The predicted octanol–water partition coefficient (Wildman–Crippen LogP) is 4.88. The van der Waals surface area contributed by atoms with Crippen molar-refractivity contribution >= 4 is 34.4 Å². The van der Waals surface area contributed by atoms with Crippen LogP contribution in [-0.4, -0.2) is 12.3 Å². The molecular weight excluding hydrogens is 302 g/mol. The normalized spacial score (nSPS) is 16.1. The van der Waals surface area contributed by atoms with E-state index in [1.807, 2.05) is 22.7 Å². The molecule has 4 heteroatoms. The zero-order chi connectivity index (χ0) is 13.8. The fraction of sp³-hybridized carbons (Fsp3) is 0.500. The van der Waals surface area contributed by atoms with Crippen molar-refractivity contribution in [1.29, 1.82) is 0 Å². The van der Waals surface area contributed by atoms with E-state index in [2.05, 4.69) is 47.6 Å². The van der Waals surface area contributed by atoms with Crippen molar-refractivity contribution in [1.82, 2.24) is 5.32 Å².